The first-order valence-corrected chi connectivity index (χ1v) is 5.08. The number of hydrogen-bond donors (Lipinski definition) is 1. The summed E-state index contributed by atoms with van der Waals surface area (Å²) in [5.41, 5.74) is 0.438. The number of halogens is 1. The average molecular weight is 251 g/mol. The molecule has 0 saturated carbocycles. The van der Waals surface area contributed by atoms with Crippen molar-refractivity contribution in [2.24, 2.45) is 0 Å². The molecule has 4 nitrogen and oxygen atoms in total. The molecule has 1 heterocycles. The van der Waals surface area contributed by atoms with Gasteiger partial charge in [-0.3, -0.25) is 4.79 Å². The van der Waals surface area contributed by atoms with Crippen molar-refractivity contribution in [3.05, 3.63) is 46.7 Å². The highest BCUT2D eigenvalue weighted by Crippen LogP contribution is 2.31. The smallest absolute Gasteiger partial charge is 0.337 e. The number of carbonyl (C=O) groups is 2. The van der Waals surface area contributed by atoms with Crippen LogP contribution in [-0.2, 0) is 0 Å². The molecule has 0 radical (unpaired) electrons. The molecule has 0 saturated heterocycles. The van der Waals surface area contributed by atoms with Crippen molar-refractivity contribution in [3.8, 4) is 11.3 Å². The summed E-state index contributed by atoms with van der Waals surface area (Å²) >= 11 is 5.96. The van der Waals surface area contributed by atoms with Gasteiger partial charge in [-0.25, -0.2) is 4.79 Å². The van der Waals surface area contributed by atoms with Gasteiger partial charge in [-0.15, -0.1) is 0 Å². The minimum Gasteiger partial charge on any atom is -0.478 e. The largest absolute Gasteiger partial charge is 0.478 e. The molecule has 2 rings (SSSR count). The van der Waals surface area contributed by atoms with Gasteiger partial charge in [0.25, 0.3) is 0 Å². The number of carbonyl (C=O) groups excluding carboxylic acids is 1. The van der Waals surface area contributed by atoms with Crippen LogP contribution in [0.3, 0.4) is 0 Å². The molecule has 0 aliphatic rings. The van der Waals surface area contributed by atoms with Gasteiger partial charge in [-0.1, -0.05) is 17.7 Å². The fourth-order valence-corrected chi connectivity index (χ4v) is 1.75. The van der Waals surface area contributed by atoms with E-state index < -0.39 is 5.97 Å². The maximum Gasteiger partial charge on any atom is 0.337 e. The Morgan fingerprint density at radius 1 is 1.29 bits per heavy atom. The number of hydrogen-bond acceptors (Lipinski definition) is 3. The van der Waals surface area contributed by atoms with Gasteiger partial charge in [0.1, 0.15) is 5.76 Å². The second kappa shape index (κ2) is 4.43. The van der Waals surface area contributed by atoms with Gasteiger partial charge in [0.2, 0.25) is 0 Å². The normalized spacial score (nSPS) is 10.2. The number of carboxylic acids is 1. The Hall–Kier alpha value is -2.07. The molecule has 2 aromatic rings. The zero-order valence-corrected chi connectivity index (χ0v) is 9.27. The lowest BCUT2D eigenvalue weighted by Crippen LogP contribution is -1.97. The second-order valence-corrected chi connectivity index (χ2v) is 3.67. The summed E-state index contributed by atoms with van der Waals surface area (Å²) < 4.78 is 5.19. The summed E-state index contributed by atoms with van der Waals surface area (Å²) in [5, 5.41) is 9.01. The molecule has 1 N–H and O–H groups in total. The van der Waals surface area contributed by atoms with Crippen LogP contribution in [0.25, 0.3) is 11.3 Å². The number of aldehydes is 1. The number of rotatable bonds is 3. The van der Waals surface area contributed by atoms with Crippen LogP contribution in [0, 0.1) is 0 Å². The maximum atomic E-state index is 10.9. The molecule has 0 aliphatic carbocycles. The van der Waals surface area contributed by atoms with Crippen LogP contribution in [0.5, 0.6) is 0 Å². The van der Waals surface area contributed by atoms with E-state index in [2.05, 4.69) is 0 Å². The van der Waals surface area contributed by atoms with Crippen LogP contribution in [0.4, 0.5) is 0 Å². The van der Waals surface area contributed by atoms with Gasteiger partial charge in [-0.2, -0.15) is 0 Å². The standard InChI is InChI=1S/C12H7ClO4/c13-11-8(2-1-3-9(11)12(15)16)10-5-4-7(6-14)17-10/h1-6H,(H,15,16). The van der Waals surface area contributed by atoms with Gasteiger partial charge in [-0.05, 0) is 24.3 Å². The predicted octanol–water partition coefficient (Wildman–Crippen LogP) is 3.11. The van der Waals surface area contributed by atoms with E-state index in [-0.39, 0.29) is 16.3 Å². The van der Waals surface area contributed by atoms with Crippen molar-refractivity contribution in [2.75, 3.05) is 0 Å². The van der Waals surface area contributed by atoms with E-state index in [1.807, 2.05) is 0 Å². The lowest BCUT2D eigenvalue weighted by molar-refractivity contribution is 0.0697. The molecule has 0 unspecified atom stereocenters. The van der Waals surface area contributed by atoms with E-state index in [1.165, 1.54) is 12.1 Å². The maximum absolute atomic E-state index is 10.9. The fraction of sp³-hybridized carbons (Fsp3) is 0. The summed E-state index contributed by atoms with van der Waals surface area (Å²) in [5.74, 6) is -0.587. The minimum absolute atomic E-state index is 0.00628. The van der Waals surface area contributed by atoms with Crippen molar-refractivity contribution >= 4 is 23.9 Å². The third-order valence-electron chi connectivity index (χ3n) is 2.24. The fourth-order valence-electron chi connectivity index (χ4n) is 1.45. The molecule has 0 bridgehead atoms. The highest BCUT2D eigenvalue weighted by Gasteiger charge is 2.15. The molecule has 0 atom stereocenters. The second-order valence-electron chi connectivity index (χ2n) is 3.29. The highest BCUT2D eigenvalue weighted by molar-refractivity contribution is 6.36. The van der Waals surface area contributed by atoms with Gasteiger partial charge >= 0.3 is 5.97 Å². The van der Waals surface area contributed by atoms with E-state index in [4.69, 9.17) is 21.1 Å². The summed E-state index contributed by atoms with van der Waals surface area (Å²) in [7, 11) is 0. The lowest BCUT2D eigenvalue weighted by atomic mass is 10.1. The molecule has 0 amide bonds. The number of benzene rings is 1. The number of carboxylic acid groups (broad SMARTS) is 1. The first-order valence-electron chi connectivity index (χ1n) is 4.70. The third-order valence-corrected chi connectivity index (χ3v) is 2.64. The SMILES string of the molecule is O=Cc1ccc(-c2cccc(C(=O)O)c2Cl)o1. The molecule has 0 aliphatic heterocycles. The van der Waals surface area contributed by atoms with Gasteiger partial charge in [0.05, 0.1) is 10.6 Å². The van der Waals surface area contributed by atoms with Crippen molar-refractivity contribution < 1.29 is 19.1 Å². The van der Waals surface area contributed by atoms with E-state index in [1.54, 1.807) is 18.2 Å². The first-order chi connectivity index (χ1) is 8.13. The quantitative estimate of drug-likeness (QED) is 0.850. The Bertz CT molecular complexity index is 586. The average Bonchev–Trinajstić information content (AvgIpc) is 2.77. The summed E-state index contributed by atoms with van der Waals surface area (Å²) in [6.45, 7) is 0. The molecule has 17 heavy (non-hydrogen) atoms. The monoisotopic (exact) mass is 250 g/mol. The van der Waals surface area contributed by atoms with Crippen LogP contribution in [-0.4, -0.2) is 17.4 Å². The molecule has 1 aromatic heterocycles. The van der Waals surface area contributed by atoms with E-state index in [9.17, 15) is 9.59 Å². The van der Waals surface area contributed by atoms with Crippen molar-refractivity contribution in [1.29, 1.82) is 0 Å². The zero-order valence-electron chi connectivity index (χ0n) is 8.51. The Kier molecular flexibility index (Phi) is 2.97. The predicted molar refractivity (Wildman–Crippen MR) is 61.5 cm³/mol. The van der Waals surface area contributed by atoms with Crippen molar-refractivity contribution in [3.63, 3.8) is 0 Å². The van der Waals surface area contributed by atoms with Crippen LogP contribution in [0.1, 0.15) is 20.9 Å². The van der Waals surface area contributed by atoms with Crippen molar-refractivity contribution in [1.82, 2.24) is 0 Å². The minimum atomic E-state index is -1.11. The summed E-state index contributed by atoms with van der Waals surface area (Å²) in [6.07, 6.45) is 0.568. The van der Waals surface area contributed by atoms with Crippen LogP contribution < -0.4 is 0 Å². The summed E-state index contributed by atoms with van der Waals surface area (Å²) in [4.78, 5) is 21.4. The van der Waals surface area contributed by atoms with E-state index in [0.29, 0.717) is 17.6 Å². The molecule has 1 aromatic carbocycles. The van der Waals surface area contributed by atoms with Crippen LogP contribution in [0.2, 0.25) is 5.02 Å². The van der Waals surface area contributed by atoms with Gasteiger partial charge < -0.3 is 9.52 Å². The zero-order chi connectivity index (χ0) is 12.4. The highest BCUT2D eigenvalue weighted by atomic mass is 35.5. The van der Waals surface area contributed by atoms with Crippen molar-refractivity contribution in [2.45, 2.75) is 0 Å². The van der Waals surface area contributed by atoms with Gasteiger partial charge in [0.15, 0.2) is 12.0 Å². The molecular weight excluding hydrogens is 244 g/mol. The Morgan fingerprint density at radius 2 is 2.06 bits per heavy atom. The van der Waals surface area contributed by atoms with E-state index >= 15 is 0 Å². The Morgan fingerprint density at radius 3 is 2.65 bits per heavy atom. The van der Waals surface area contributed by atoms with Crippen LogP contribution in [0.15, 0.2) is 34.7 Å². The Balaban J connectivity index is 2.55. The van der Waals surface area contributed by atoms with E-state index in [0.717, 1.165) is 0 Å². The first kappa shape index (κ1) is 11.4. The number of furan rings is 1. The summed E-state index contributed by atoms with van der Waals surface area (Å²) in [6, 6.07) is 7.65. The molecular formula is C12H7ClO4. The molecule has 0 spiro atoms. The lowest BCUT2D eigenvalue weighted by Gasteiger charge is -2.03. The molecule has 0 fully saturated rings. The molecule has 5 heteroatoms. The number of aromatic carboxylic acids is 1. The third kappa shape index (κ3) is 2.07. The van der Waals surface area contributed by atoms with Gasteiger partial charge in [0, 0.05) is 5.56 Å². The molecule has 86 valence electrons. The Labute approximate surface area is 101 Å². The van der Waals surface area contributed by atoms with Crippen LogP contribution >= 0.6 is 11.6 Å². The topological polar surface area (TPSA) is 67.5 Å².